The second-order valence-electron chi connectivity index (χ2n) is 5.92. The maximum absolute atomic E-state index is 11.7. The fourth-order valence-corrected chi connectivity index (χ4v) is 2.33. The normalized spacial score (nSPS) is 17.4. The molecule has 0 aromatic carbocycles. The summed E-state index contributed by atoms with van der Waals surface area (Å²) in [4.78, 5) is 22.5. The van der Waals surface area contributed by atoms with Crippen LogP contribution >= 0.6 is 11.8 Å². The van der Waals surface area contributed by atoms with E-state index >= 15 is 0 Å². The van der Waals surface area contributed by atoms with E-state index in [1.807, 2.05) is 6.26 Å². The van der Waals surface area contributed by atoms with Crippen LogP contribution in [0.4, 0.5) is 4.79 Å². The summed E-state index contributed by atoms with van der Waals surface area (Å²) in [6.07, 6.45) is 4.97. The van der Waals surface area contributed by atoms with Crippen LogP contribution in [0.1, 0.15) is 39.5 Å². The monoisotopic (exact) mass is 288 g/mol. The quantitative estimate of drug-likeness (QED) is 0.670. The van der Waals surface area contributed by atoms with Crippen molar-refractivity contribution >= 4 is 23.8 Å². The van der Waals surface area contributed by atoms with Gasteiger partial charge < -0.3 is 15.7 Å². The van der Waals surface area contributed by atoms with Gasteiger partial charge in [0.1, 0.15) is 0 Å². The molecule has 0 aromatic heterocycles. The van der Waals surface area contributed by atoms with Gasteiger partial charge in [-0.05, 0) is 38.4 Å². The number of rotatable bonds is 7. The molecule has 0 heterocycles. The number of urea groups is 1. The standard InChI is InChI=1S/C13H24N2O3S/c1-12(2,19-3)8-14-11(18)15-9-13(5-4-6-13)7-10(16)17/h4-9H2,1-3H3,(H,16,17)(H2,14,15,18). The van der Waals surface area contributed by atoms with Gasteiger partial charge in [-0.3, -0.25) is 4.79 Å². The van der Waals surface area contributed by atoms with Gasteiger partial charge in [0.15, 0.2) is 0 Å². The SMILES string of the molecule is CSC(C)(C)CNC(=O)NCC1(CC(=O)O)CCC1. The first-order valence-corrected chi connectivity index (χ1v) is 7.80. The van der Waals surface area contributed by atoms with E-state index in [0.717, 1.165) is 19.3 Å². The molecule has 1 saturated carbocycles. The average Bonchev–Trinajstić information content (AvgIpc) is 2.29. The Morgan fingerprint density at radius 1 is 1.32 bits per heavy atom. The predicted octanol–water partition coefficient (Wildman–Crippen LogP) is 2.07. The zero-order chi connectivity index (χ0) is 14.5. The zero-order valence-electron chi connectivity index (χ0n) is 11.9. The van der Waals surface area contributed by atoms with Gasteiger partial charge in [0.05, 0.1) is 6.42 Å². The van der Waals surface area contributed by atoms with E-state index in [9.17, 15) is 9.59 Å². The van der Waals surface area contributed by atoms with Crippen LogP contribution < -0.4 is 10.6 Å². The Bertz CT molecular complexity index is 341. The molecule has 1 rings (SSSR count). The Hall–Kier alpha value is -0.910. The molecule has 6 heteroatoms. The van der Waals surface area contributed by atoms with Crippen molar-refractivity contribution in [2.45, 2.75) is 44.3 Å². The molecule has 0 atom stereocenters. The molecule has 1 aliphatic rings. The van der Waals surface area contributed by atoms with Gasteiger partial charge in [-0.2, -0.15) is 11.8 Å². The van der Waals surface area contributed by atoms with Gasteiger partial charge in [-0.25, -0.2) is 4.79 Å². The highest BCUT2D eigenvalue weighted by Gasteiger charge is 2.39. The minimum Gasteiger partial charge on any atom is -0.481 e. The first-order valence-electron chi connectivity index (χ1n) is 6.57. The number of hydrogen-bond donors (Lipinski definition) is 3. The van der Waals surface area contributed by atoms with Crippen LogP contribution in [0.15, 0.2) is 0 Å². The van der Waals surface area contributed by atoms with E-state index in [1.54, 1.807) is 11.8 Å². The Morgan fingerprint density at radius 3 is 2.37 bits per heavy atom. The second kappa shape index (κ2) is 6.50. The molecule has 0 unspecified atom stereocenters. The van der Waals surface area contributed by atoms with Gasteiger partial charge in [-0.1, -0.05) is 6.42 Å². The average molecular weight is 288 g/mol. The summed E-state index contributed by atoms with van der Waals surface area (Å²) in [5.74, 6) is -0.787. The number of amides is 2. The summed E-state index contributed by atoms with van der Waals surface area (Å²) < 4.78 is 0.00651. The molecule has 0 aromatic rings. The number of thioether (sulfide) groups is 1. The molecule has 0 spiro atoms. The Morgan fingerprint density at radius 2 is 1.95 bits per heavy atom. The Labute approximate surface area is 118 Å². The topological polar surface area (TPSA) is 78.4 Å². The summed E-state index contributed by atoms with van der Waals surface area (Å²) in [5, 5.41) is 14.5. The van der Waals surface area contributed by atoms with Crippen LogP contribution in [0.2, 0.25) is 0 Å². The molecule has 1 fully saturated rings. The third-order valence-electron chi connectivity index (χ3n) is 3.79. The lowest BCUT2D eigenvalue weighted by atomic mass is 9.66. The molecule has 19 heavy (non-hydrogen) atoms. The zero-order valence-corrected chi connectivity index (χ0v) is 12.7. The van der Waals surface area contributed by atoms with Gasteiger partial charge in [0, 0.05) is 17.8 Å². The molecule has 2 amide bonds. The fourth-order valence-electron chi connectivity index (χ4n) is 2.11. The molecular weight excluding hydrogens is 264 g/mol. The van der Waals surface area contributed by atoms with E-state index in [2.05, 4.69) is 24.5 Å². The molecule has 0 bridgehead atoms. The lowest BCUT2D eigenvalue weighted by Gasteiger charge is -2.40. The Balaban J connectivity index is 2.31. The van der Waals surface area contributed by atoms with Gasteiger partial charge >= 0.3 is 12.0 Å². The smallest absolute Gasteiger partial charge is 0.314 e. The number of carboxylic acids is 1. The maximum Gasteiger partial charge on any atom is 0.314 e. The van der Waals surface area contributed by atoms with Crippen LogP contribution in [0.3, 0.4) is 0 Å². The number of carboxylic acid groups (broad SMARTS) is 1. The lowest BCUT2D eigenvalue weighted by Crippen LogP contribution is -2.48. The minimum absolute atomic E-state index is 0.00651. The molecular formula is C13H24N2O3S. The van der Waals surface area contributed by atoms with Crippen molar-refractivity contribution in [3.63, 3.8) is 0 Å². The third-order valence-corrected chi connectivity index (χ3v) is 5.04. The van der Waals surface area contributed by atoms with E-state index in [1.165, 1.54) is 0 Å². The van der Waals surface area contributed by atoms with Crippen molar-refractivity contribution in [2.24, 2.45) is 5.41 Å². The molecule has 0 saturated heterocycles. The number of hydrogen-bond acceptors (Lipinski definition) is 3. The summed E-state index contributed by atoms with van der Waals surface area (Å²) >= 11 is 1.70. The van der Waals surface area contributed by atoms with Crippen molar-refractivity contribution < 1.29 is 14.7 Å². The molecule has 1 aliphatic carbocycles. The summed E-state index contributed by atoms with van der Waals surface area (Å²) in [6, 6.07) is -0.209. The minimum atomic E-state index is -0.787. The Kier molecular flexibility index (Phi) is 5.52. The van der Waals surface area contributed by atoms with E-state index < -0.39 is 5.97 Å². The number of carbonyl (C=O) groups is 2. The maximum atomic E-state index is 11.7. The van der Waals surface area contributed by atoms with Crippen molar-refractivity contribution in [2.75, 3.05) is 19.3 Å². The number of carbonyl (C=O) groups excluding carboxylic acids is 1. The van der Waals surface area contributed by atoms with Crippen molar-refractivity contribution in [1.82, 2.24) is 10.6 Å². The molecule has 0 radical (unpaired) electrons. The highest BCUT2D eigenvalue weighted by atomic mass is 32.2. The number of nitrogens with one attached hydrogen (secondary N) is 2. The summed E-state index contributed by atoms with van der Waals surface area (Å²) in [6.45, 7) is 5.17. The number of aliphatic carboxylic acids is 1. The molecule has 3 N–H and O–H groups in total. The van der Waals surface area contributed by atoms with Gasteiger partial charge in [-0.15, -0.1) is 0 Å². The highest BCUT2D eigenvalue weighted by molar-refractivity contribution is 7.99. The van der Waals surface area contributed by atoms with E-state index in [-0.39, 0.29) is 22.6 Å². The van der Waals surface area contributed by atoms with Crippen LogP contribution in [-0.4, -0.2) is 41.2 Å². The summed E-state index contributed by atoms with van der Waals surface area (Å²) in [5.41, 5.74) is -0.224. The molecule has 110 valence electrons. The van der Waals surface area contributed by atoms with Gasteiger partial charge in [0.25, 0.3) is 0 Å². The van der Waals surface area contributed by atoms with Crippen LogP contribution in [-0.2, 0) is 4.79 Å². The molecule has 5 nitrogen and oxygen atoms in total. The lowest BCUT2D eigenvalue weighted by molar-refractivity contribution is -0.141. The predicted molar refractivity (Wildman–Crippen MR) is 77.5 cm³/mol. The van der Waals surface area contributed by atoms with Crippen LogP contribution in [0.25, 0.3) is 0 Å². The molecule has 0 aliphatic heterocycles. The van der Waals surface area contributed by atoms with Gasteiger partial charge in [0.2, 0.25) is 0 Å². The van der Waals surface area contributed by atoms with E-state index in [0.29, 0.717) is 13.1 Å². The third kappa shape index (κ3) is 5.30. The first kappa shape index (κ1) is 16.1. The van der Waals surface area contributed by atoms with Crippen LogP contribution in [0, 0.1) is 5.41 Å². The van der Waals surface area contributed by atoms with E-state index in [4.69, 9.17) is 5.11 Å². The first-order chi connectivity index (χ1) is 8.79. The fraction of sp³-hybridized carbons (Fsp3) is 0.846. The second-order valence-corrected chi connectivity index (χ2v) is 7.44. The van der Waals surface area contributed by atoms with Crippen molar-refractivity contribution in [1.29, 1.82) is 0 Å². The largest absolute Gasteiger partial charge is 0.481 e. The summed E-state index contributed by atoms with van der Waals surface area (Å²) in [7, 11) is 0. The van der Waals surface area contributed by atoms with Crippen LogP contribution in [0.5, 0.6) is 0 Å². The van der Waals surface area contributed by atoms with Crippen molar-refractivity contribution in [3.05, 3.63) is 0 Å². The van der Waals surface area contributed by atoms with Crippen molar-refractivity contribution in [3.8, 4) is 0 Å². The highest BCUT2D eigenvalue weighted by Crippen LogP contribution is 2.43.